The Kier molecular flexibility index (Phi) is 10.7. The van der Waals surface area contributed by atoms with Gasteiger partial charge in [-0.15, -0.1) is 0 Å². The number of ether oxygens (including phenoxy) is 4. The average molecular weight is 493 g/mol. The van der Waals surface area contributed by atoms with E-state index in [1.54, 1.807) is 26.8 Å². The van der Waals surface area contributed by atoms with Gasteiger partial charge in [-0.25, -0.2) is 4.79 Å². The highest BCUT2D eigenvalue weighted by atomic mass is 16.7. The van der Waals surface area contributed by atoms with Gasteiger partial charge in [-0.2, -0.15) is 0 Å². The number of hydrogen-bond donors (Lipinski definition) is 1. The van der Waals surface area contributed by atoms with Crippen molar-refractivity contribution in [2.45, 2.75) is 124 Å². The maximum atomic E-state index is 12.7. The molecule has 0 amide bonds. The Bertz CT molecular complexity index is 838. The van der Waals surface area contributed by atoms with Crippen LogP contribution >= 0.6 is 0 Å². The molecule has 7 heteroatoms. The van der Waals surface area contributed by atoms with Crippen LogP contribution in [0.5, 0.6) is 0 Å². The molecule has 0 radical (unpaired) electrons. The molecule has 0 aromatic heterocycles. The fourth-order valence-electron chi connectivity index (χ4n) is 4.66. The summed E-state index contributed by atoms with van der Waals surface area (Å²) in [6.07, 6.45) is 5.47. The zero-order chi connectivity index (χ0) is 26.3. The minimum atomic E-state index is -1.17. The van der Waals surface area contributed by atoms with Crippen molar-refractivity contribution in [1.29, 1.82) is 0 Å². The standard InChI is InChI=1S/C28H44O7/c1-9-19(5)26(31)34-25-24(33-21(7)29)23(30)20(6)32-27(25)35-28(8,16-10-11-17(2)3)22-14-12-18(4)13-15-22/h9,11-12,20,22-25,27,30H,10,13-16H2,1-8H3. The molecule has 35 heavy (non-hydrogen) atoms. The van der Waals surface area contributed by atoms with E-state index >= 15 is 0 Å². The second-order valence-electron chi connectivity index (χ2n) is 10.4. The number of carbonyl (C=O) groups excluding carboxylic acids is 2. The van der Waals surface area contributed by atoms with Gasteiger partial charge in [0.05, 0.1) is 11.7 Å². The van der Waals surface area contributed by atoms with Gasteiger partial charge in [-0.05, 0) is 86.5 Å². The molecule has 7 unspecified atom stereocenters. The van der Waals surface area contributed by atoms with Crippen LogP contribution in [0.25, 0.3) is 0 Å². The van der Waals surface area contributed by atoms with Crippen LogP contribution < -0.4 is 0 Å². The third-order valence-electron chi connectivity index (χ3n) is 7.14. The highest BCUT2D eigenvalue weighted by Crippen LogP contribution is 2.40. The summed E-state index contributed by atoms with van der Waals surface area (Å²) in [5, 5.41) is 10.8. The molecular formula is C28H44O7. The van der Waals surface area contributed by atoms with Crippen molar-refractivity contribution in [2.75, 3.05) is 0 Å². The molecule has 0 saturated carbocycles. The number of carbonyl (C=O) groups is 2. The molecule has 0 spiro atoms. The molecule has 198 valence electrons. The zero-order valence-electron chi connectivity index (χ0n) is 22.6. The van der Waals surface area contributed by atoms with Gasteiger partial charge in [-0.3, -0.25) is 4.79 Å². The number of aliphatic hydroxyl groups excluding tert-OH is 1. The van der Waals surface area contributed by atoms with Crippen LogP contribution in [-0.2, 0) is 28.5 Å². The Morgan fingerprint density at radius 3 is 2.43 bits per heavy atom. The van der Waals surface area contributed by atoms with E-state index in [4.69, 9.17) is 18.9 Å². The molecule has 1 N–H and O–H groups in total. The lowest BCUT2D eigenvalue weighted by Gasteiger charge is -2.47. The summed E-state index contributed by atoms with van der Waals surface area (Å²) >= 11 is 0. The summed E-state index contributed by atoms with van der Waals surface area (Å²) in [5.74, 6) is -0.913. The van der Waals surface area contributed by atoms with Gasteiger partial charge in [0, 0.05) is 12.5 Å². The maximum absolute atomic E-state index is 12.7. The summed E-state index contributed by atoms with van der Waals surface area (Å²) < 4.78 is 24.0. The highest BCUT2D eigenvalue weighted by Gasteiger charge is 2.51. The first-order chi connectivity index (χ1) is 16.4. The molecule has 0 aromatic carbocycles. The quantitative estimate of drug-likeness (QED) is 0.270. The van der Waals surface area contributed by atoms with Crippen molar-refractivity contribution in [3.63, 3.8) is 0 Å². The van der Waals surface area contributed by atoms with Crippen LogP contribution in [0.3, 0.4) is 0 Å². The Morgan fingerprint density at radius 1 is 1.20 bits per heavy atom. The van der Waals surface area contributed by atoms with Crippen molar-refractivity contribution in [3.8, 4) is 0 Å². The minimum absolute atomic E-state index is 0.239. The molecule has 2 rings (SSSR count). The molecule has 2 aliphatic rings. The van der Waals surface area contributed by atoms with Gasteiger partial charge in [0.15, 0.2) is 18.5 Å². The van der Waals surface area contributed by atoms with Crippen LogP contribution in [-0.4, -0.2) is 53.4 Å². The van der Waals surface area contributed by atoms with E-state index in [0.717, 1.165) is 32.1 Å². The van der Waals surface area contributed by atoms with Gasteiger partial charge in [-0.1, -0.05) is 29.4 Å². The molecule has 0 aromatic rings. The molecular weight excluding hydrogens is 448 g/mol. The van der Waals surface area contributed by atoms with E-state index in [1.807, 2.05) is 0 Å². The van der Waals surface area contributed by atoms with Gasteiger partial charge in [0.25, 0.3) is 0 Å². The smallest absolute Gasteiger partial charge is 0.333 e. The monoisotopic (exact) mass is 492 g/mol. The summed E-state index contributed by atoms with van der Waals surface area (Å²) in [6.45, 7) is 14.7. The van der Waals surface area contributed by atoms with Crippen molar-refractivity contribution < 1.29 is 33.6 Å². The third kappa shape index (κ3) is 8.02. The van der Waals surface area contributed by atoms with E-state index in [1.165, 1.54) is 18.1 Å². The molecule has 0 bridgehead atoms. The lowest BCUT2D eigenvalue weighted by Crippen LogP contribution is -2.62. The van der Waals surface area contributed by atoms with Crippen LogP contribution in [0.2, 0.25) is 0 Å². The van der Waals surface area contributed by atoms with Crippen molar-refractivity contribution in [1.82, 2.24) is 0 Å². The highest BCUT2D eigenvalue weighted by molar-refractivity contribution is 5.87. The molecule has 7 nitrogen and oxygen atoms in total. The second kappa shape index (κ2) is 12.8. The largest absolute Gasteiger partial charge is 0.455 e. The fourth-order valence-corrected chi connectivity index (χ4v) is 4.66. The number of esters is 2. The van der Waals surface area contributed by atoms with Gasteiger partial charge < -0.3 is 24.1 Å². The van der Waals surface area contributed by atoms with E-state index in [0.29, 0.717) is 5.57 Å². The number of hydrogen-bond acceptors (Lipinski definition) is 7. The van der Waals surface area contributed by atoms with Crippen LogP contribution in [0.4, 0.5) is 0 Å². The maximum Gasteiger partial charge on any atom is 0.333 e. The van der Waals surface area contributed by atoms with Crippen LogP contribution in [0, 0.1) is 5.92 Å². The predicted molar refractivity (Wildman–Crippen MR) is 134 cm³/mol. The minimum Gasteiger partial charge on any atom is -0.455 e. The Morgan fingerprint density at radius 2 is 1.89 bits per heavy atom. The summed E-state index contributed by atoms with van der Waals surface area (Å²) in [7, 11) is 0. The normalized spacial score (nSPS) is 31.1. The lowest BCUT2D eigenvalue weighted by molar-refractivity contribution is -0.328. The summed E-state index contributed by atoms with van der Waals surface area (Å²) in [5.41, 5.74) is 2.43. The number of rotatable bonds is 9. The first-order valence-corrected chi connectivity index (χ1v) is 12.7. The van der Waals surface area contributed by atoms with Crippen molar-refractivity contribution in [3.05, 3.63) is 34.9 Å². The fraction of sp³-hybridized carbons (Fsp3) is 0.714. The Balaban J connectivity index is 2.42. The second-order valence-corrected chi connectivity index (χ2v) is 10.4. The van der Waals surface area contributed by atoms with Crippen molar-refractivity contribution >= 4 is 11.9 Å². The van der Waals surface area contributed by atoms with E-state index in [2.05, 4.69) is 39.8 Å². The van der Waals surface area contributed by atoms with Gasteiger partial charge in [0.1, 0.15) is 6.10 Å². The number of aliphatic hydroxyl groups is 1. The van der Waals surface area contributed by atoms with E-state index in [-0.39, 0.29) is 5.92 Å². The predicted octanol–water partition coefficient (Wildman–Crippen LogP) is 5.17. The summed E-state index contributed by atoms with van der Waals surface area (Å²) in [4.78, 5) is 24.6. The average Bonchev–Trinajstić information content (AvgIpc) is 2.78. The molecule has 1 aliphatic heterocycles. The number of allylic oxidation sites excluding steroid dienone is 5. The lowest BCUT2D eigenvalue weighted by atomic mass is 9.76. The Hall–Kier alpha value is -1.96. The van der Waals surface area contributed by atoms with E-state index in [9.17, 15) is 14.7 Å². The molecule has 7 atom stereocenters. The molecule has 1 fully saturated rings. The van der Waals surface area contributed by atoms with Crippen LogP contribution in [0.1, 0.15) is 87.5 Å². The summed E-state index contributed by atoms with van der Waals surface area (Å²) in [6, 6.07) is 0. The zero-order valence-corrected chi connectivity index (χ0v) is 22.6. The SMILES string of the molecule is CC=C(C)C(=O)OC1C(OC(C)(CCC=C(C)C)C2CC=C(C)CC2)OC(C)C(O)C1OC(C)=O. The first-order valence-electron chi connectivity index (χ1n) is 12.7. The van der Waals surface area contributed by atoms with Crippen LogP contribution in [0.15, 0.2) is 34.9 Å². The third-order valence-corrected chi connectivity index (χ3v) is 7.14. The topological polar surface area (TPSA) is 91.3 Å². The first kappa shape index (κ1) is 29.3. The van der Waals surface area contributed by atoms with E-state index < -0.39 is 48.2 Å². The molecule has 1 saturated heterocycles. The van der Waals surface area contributed by atoms with Gasteiger partial charge >= 0.3 is 11.9 Å². The molecule has 1 aliphatic carbocycles. The Labute approximate surface area is 210 Å². The molecule has 1 heterocycles. The van der Waals surface area contributed by atoms with Crippen molar-refractivity contribution in [2.24, 2.45) is 5.92 Å². The van der Waals surface area contributed by atoms with Gasteiger partial charge in [0.2, 0.25) is 0 Å².